The Balaban J connectivity index is 2.25. The highest BCUT2D eigenvalue weighted by Crippen LogP contribution is 2.13. The zero-order valence-corrected chi connectivity index (χ0v) is 14.9. The Kier molecular flexibility index (Phi) is 9.02. The molecule has 1 fully saturated rings. The van der Waals surface area contributed by atoms with Crippen LogP contribution in [0.2, 0.25) is 0 Å². The maximum absolute atomic E-state index is 11.6. The minimum absolute atomic E-state index is 0.106. The standard InChI is InChI=1S/C16H30N2O6/c1-16(2,3)24-15(21)17-7-8-18(12-13(19)20)9-11-23-14-6-4-5-10-22-14/h14H,4-12H2,1-3H3,(H,17,21)(H,19,20). The Hall–Kier alpha value is -1.38. The number of hydrogen-bond acceptors (Lipinski definition) is 6. The molecule has 8 nitrogen and oxygen atoms in total. The molecule has 0 aromatic heterocycles. The summed E-state index contributed by atoms with van der Waals surface area (Å²) >= 11 is 0. The molecule has 24 heavy (non-hydrogen) atoms. The number of nitrogens with one attached hydrogen (secondary N) is 1. The second kappa shape index (κ2) is 10.5. The summed E-state index contributed by atoms with van der Waals surface area (Å²) in [4.78, 5) is 24.2. The van der Waals surface area contributed by atoms with E-state index in [9.17, 15) is 9.59 Å². The maximum Gasteiger partial charge on any atom is 0.407 e. The van der Waals surface area contributed by atoms with Gasteiger partial charge >= 0.3 is 12.1 Å². The van der Waals surface area contributed by atoms with E-state index in [1.165, 1.54) is 0 Å². The predicted octanol–water partition coefficient (Wildman–Crippen LogP) is 1.44. The van der Waals surface area contributed by atoms with Gasteiger partial charge in [-0.15, -0.1) is 0 Å². The highest BCUT2D eigenvalue weighted by atomic mass is 16.7. The van der Waals surface area contributed by atoms with Gasteiger partial charge in [0.05, 0.1) is 13.2 Å². The van der Waals surface area contributed by atoms with Crippen LogP contribution in [0.25, 0.3) is 0 Å². The second-order valence-corrected chi connectivity index (χ2v) is 6.77. The first-order chi connectivity index (χ1) is 11.3. The Morgan fingerprint density at radius 1 is 1.29 bits per heavy atom. The van der Waals surface area contributed by atoms with Gasteiger partial charge in [0.15, 0.2) is 6.29 Å². The minimum Gasteiger partial charge on any atom is -0.480 e. The van der Waals surface area contributed by atoms with Crippen molar-refractivity contribution in [3.8, 4) is 0 Å². The first-order valence-electron chi connectivity index (χ1n) is 8.40. The Morgan fingerprint density at radius 2 is 2.04 bits per heavy atom. The molecule has 0 saturated carbocycles. The van der Waals surface area contributed by atoms with Gasteiger partial charge < -0.3 is 24.6 Å². The fraction of sp³-hybridized carbons (Fsp3) is 0.875. The van der Waals surface area contributed by atoms with Crippen LogP contribution in [0.5, 0.6) is 0 Å². The maximum atomic E-state index is 11.6. The molecule has 0 spiro atoms. The van der Waals surface area contributed by atoms with Gasteiger partial charge in [0, 0.05) is 26.2 Å². The van der Waals surface area contributed by atoms with Crippen LogP contribution in [0.1, 0.15) is 40.0 Å². The molecule has 1 unspecified atom stereocenters. The molecule has 1 atom stereocenters. The number of amides is 1. The smallest absolute Gasteiger partial charge is 0.407 e. The lowest BCUT2D eigenvalue weighted by Gasteiger charge is -2.25. The Labute approximate surface area is 143 Å². The molecule has 1 aliphatic heterocycles. The minimum atomic E-state index is -0.916. The molecule has 1 heterocycles. The average molecular weight is 346 g/mol. The van der Waals surface area contributed by atoms with Crippen molar-refractivity contribution in [2.45, 2.75) is 51.9 Å². The highest BCUT2D eigenvalue weighted by Gasteiger charge is 2.17. The van der Waals surface area contributed by atoms with Crippen molar-refractivity contribution in [3.05, 3.63) is 0 Å². The molecule has 0 radical (unpaired) electrons. The van der Waals surface area contributed by atoms with Crippen molar-refractivity contribution in [2.75, 3.05) is 39.4 Å². The summed E-state index contributed by atoms with van der Waals surface area (Å²) in [7, 11) is 0. The number of aliphatic carboxylic acids is 1. The molecule has 0 aliphatic carbocycles. The van der Waals surface area contributed by atoms with Crippen molar-refractivity contribution < 1.29 is 28.9 Å². The third-order valence-corrected chi connectivity index (χ3v) is 3.30. The van der Waals surface area contributed by atoms with Gasteiger partial charge in [-0.25, -0.2) is 4.79 Å². The molecule has 8 heteroatoms. The average Bonchev–Trinajstić information content (AvgIpc) is 2.45. The van der Waals surface area contributed by atoms with E-state index in [1.807, 2.05) is 0 Å². The summed E-state index contributed by atoms with van der Waals surface area (Å²) in [5.41, 5.74) is -0.557. The van der Waals surface area contributed by atoms with Crippen LogP contribution < -0.4 is 5.32 Å². The highest BCUT2D eigenvalue weighted by molar-refractivity contribution is 5.69. The predicted molar refractivity (Wildman–Crippen MR) is 87.9 cm³/mol. The SMILES string of the molecule is CC(C)(C)OC(=O)NCCN(CCOC1CCCCO1)CC(=O)O. The van der Waals surface area contributed by atoms with Crippen LogP contribution in [0.3, 0.4) is 0 Å². The van der Waals surface area contributed by atoms with E-state index in [-0.39, 0.29) is 12.8 Å². The molecule has 0 bridgehead atoms. The topological polar surface area (TPSA) is 97.3 Å². The number of nitrogens with zero attached hydrogens (tertiary/aromatic N) is 1. The number of carbonyl (C=O) groups excluding carboxylic acids is 1. The van der Waals surface area contributed by atoms with Gasteiger partial charge in [0.2, 0.25) is 0 Å². The van der Waals surface area contributed by atoms with Crippen molar-refractivity contribution >= 4 is 12.1 Å². The normalized spacial score (nSPS) is 18.4. The van der Waals surface area contributed by atoms with Gasteiger partial charge in [-0.3, -0.25) is 9.69 Å². The van der Waals surface area contributed by atoms with E-state index in [4.69, 9.17) is 19.3 Å². The molecule has 1 rings (SSSR count). The molecule has 0 aromatic rings. The lowest BCUT2D eigenvalue weighted by molar-refractivity contribution is -0.164. The second-order valence-electron chi connectivity index (χ2n) is 6.77. The first kappa shape index (κ1) is 20.7. The molecule has 2 N–H and O–H groups in total. The number of alkyl carbamates (subject to hydrolysis) is 1. The van der Waals surface area contributed by atoms with Gasteiger partial charge in [-0.2, -0.15) is 0 Å². The fourth-order valence-electron chi connectivity index (χ4n) is 2.25. The number of carboxylic acid groups (broad SMARTS) is 1. The lowest BCUT2D eigenvalue weighted by atomic mass is 10.2. The summed E-state index contributed by atoms with van der Waals surface area (Å²) in [6, 6.07) is 0. The van der Waals surface area contributed by atoms with Crippen LogP contribution in [-0.4, -0.2) is 73.4 Å². The first-order valence-corrected chi connectivity index (χ1v) is 8.40. The molecular weight excluding hydrogens is 316 g/mol. The van der Waals surface area contributed by atoms with E-state index in [0.29, 0.717) is 32.8 Å². The summed E-state index contributed by atoms with van der Waals surface area (Å²) in [5, 5.41) is 11.6. The van der Waals surface area contributed by atoms with Crippen molar-refractivity contribution in [2.24, 2.45) is 0 Å². The van der Waals surface area contributed by atoms with Crippen LogP contribution >= 0.6 is 0 Å². The molecular formula is C16H30N2O6. The van der Waals surface area contributed by atoms with E-state index in [0.717, 1.165) is 19.3 Å². The van der Waals surface area contributed by atoms with Gasteiger partial charge in [0.25, 0.3) is 0 Å². The van der Waals surface area contributed by atoms with Crippen molar-refractivity contribution in [1.82, 2.24) is 10.2 Å². The van der Waals surface area contributed by atoms with Gasteiger partial charge in [-0.1, -0.05) is 0 Å². The Bertz CT molecular complexity index is 391. The molecule has 0 aromatic carbocycles. The number of rotatable bonds is 9. The van der Waals surface area contributed by atoms with Crippen LogP contribution in [0.4, 0.5) is 4.79 Å². The van der Waals surface area contributed by atoms with Crippen LogP contribution in [0.15, 0.2) is 0 Å². The van der Waals surface area contributed by atoms with Crippen molar-refractivity contribution in [3.63, 3.8) is 0 Å². The molecule has 1 amide bonds. The fourth-order valence-corrected chi connectivity index (χ4v) is 2.25. The third kappa shape index (κ3) is 10.4. The lowest BCUT2D eigenvalue weighted by Crippen LogP contribution is -2.41. The summed E-state index contributed by atoms with van der Waals surface area (Å²) < 4.78 is 16.2. The molecule has 1 aliphatic rings. The van der Waals surface area contributed by atoms with E-state index in [2.05, 4.69) is 5.32 Å². The molecule has 140 valence electrons. The van der Waals surface area contributed by atoms with Crippen LogP contribution in [0, 0.1) is 0 Å². The number of hydrogen-bond donors (Lipinski definition) is 2. The summed E-state index contributed by atoms with van der Waals surface area (Å²) in [6.07, 6.45) is 2.32. The monoisotopic (exact) mass is 346 g/mol. The van der Waals surface area contributed by atoms with Gasteiger partial charge in [0.1, 0.15) is 5.60 Å². The number of carbonyl (C=O) groups is 2. The summed E-state index contributed by atoms with van der Waals surface area (Å²) in [6.45, 7) is 7.53. The zero-order valence-electron chi connectivity index (χ0n) is 14.9. The van der Waals surface area contributed by atoms with E-state index >= 15 is 0 Å². The summed E-state index contributed by atoms with van der Waals surface area (Å²) in [5.74, 6) is -0.916. The number of carboxylic acids is 1. The van der Waals surface area contributed by atoms with E-state index in [1.54, 1.807) is 25.7 Å². The largest absolute Gasteiger partial charge is 0.480 e. The van der Waals surface area contributed by atoms with Crippen molar-refractivity contribution in [1.29, 1.82) is 0 Å². The van der Waals surface area contributed by atoms with Gasteiger partial charge in [-0.05, 0) is 40.0 Å². The number of ether oxygens (including phenoxy) is 3. The third-order valence-electron chi connectivity index (χ3n) is 3.30. The zero-order chi connectivity index (χ0) is 18.0. The molecule has 1 saturated heterocycles. The quantitative estimate of drug-likeness (QED) is 0.652. The Morgan fingerprint density at radius 3 is 2.62 bits per heavy atom. The van der Waals surface area contributed by atoms with Crippen LogP contribution in [-0.2, 0) is 19.0 Å². The van der Waals surface area contributed by atoms with E-state index < -0.39 is 17.7 Å².